The molecule has 2 aliphatic heterocycles. The minimum Gasteiger partial charge on any atom is -0.310 e. The molecule has 0 atom stereocenters. The number of benzene rings is 9. The molecule has 0 radical (unpaired) electrons. The summed E-state index contributed by atoms with van der Waals surface area (Å²) in [5, 5.41) is 28.1. The van der Waals surface area contributed by atoms with Gasteiger partial charge in [0.25, 0.3) is 6.71 Å². The molecule has 0 aliphatic carbocycles. The Hall–Kier alpha value is -8.58. The summed E-state index contributed by atoms with van der Waals surface area (Å²) in [5.74, 6) is 0. The van der Waals surface area contributed by atoms with Crippen molar-refractivity contribution in [1.29, 1.82) is 10.5 Å². The highest BCUT2D eigenvalue weighted by Crippen LogP contribution is 2.48. The van der Waals surface area contributed by atoms with Crippen molar-refractivity contribution in [3.05, 3.63) is 205 Å². The molecule has 13 rings (SSSR count). The van der Waals surface area contributed by atoms with E-state index in [4.69, 9.17) is 0 Å². The van der Waals surface area contributed by atoms with Crippen molar-refractivity contribution in [2.75, 3.05) is 4.90 Å². The van der Waals surface area contributed by atoms with Crippen molar-refractivity contribution in [1.82, 2.24) is 9.13 Å². The Labute approximate surface area is 357 Å². The lowest BCUT2D eigenvalue weighted by atomic mass is 9.33. The fourth-order valence-corrected chi connectivity index (χ4v) is 10.7. The fraction of sp³-hybridized carbons (Fsp3) is 0. The van der Waals surface area contributed by atoms with Crippen molar-refractivity contribution in [3.63, 3.8) is 0 Å². The van der Waals surface area contributed by atoms with Crippen LogP contribution in [0.5, 0.6) is 0 Å². The molecule has 0 bridgehead atoms. The van der Waals surface area contributed by atoms with Crippen molar-refractivity contribution < 1.29 is 0 Å². The molecule has 6 heteroatoms. The van der Waals surface area contributed by atoms with Crippen LogP contribution in [-0.4, -0.2) is 15.8 Å². The zero-order chi connectivity index (χ0) is 41.1. The van der Waals surface area contributed by atoms with E-state index in [1.807, 2.05) is 30.3 Å². The smallest absolute Gasteiger partial charge is 0.252 e. The predicted octanol–water partition coefficient (Wildman–Crippen LogP) is 11.6. The zero-order valence-electron chi connectivity index (χ0n) is 33.3. The highest BCUT2D eigenvalue weighted by atomic mass is 15.2. The molecule has 4 heterocycles. The second-order valence-corrected chi connectivity index (χ2v) is 16.2. The summed E-state index contributed by atoms with van der Waals surface area (Å²) >= 11 is 0. The summed E-state index contributed by atoms with van der Waals surface area (Å²) in [6, 6.07) is 73.6. The molecule has 0 saturated carbocycles. The molecule has 0 N–H and O–H groups in total. The van der Waals surface area contributed by atoms with Gasteiger partial charge in [0.2, 0.25) is 0 Å². The molecule has 0 saturated heterocycles. The third kappa shape index (κ3) is 4.56. The standard InChI is InChI=1S/C56H32BN5/c58-33-44-53(61-49-29-27-37(35-15-4-1-5-16-35)31-42(49)43-32-38(28-30-50(43)61)36-17-6-2-7-18-36)45(34-59)56-52-55(44)60(39-19-8-3-9-20-39)51-26-13-11-23-46(51)57(52)47-24-14-22-41-40-21-10-12-25-48(40)62(56)54(41)47/h1-32H. The van der Waals surface area contributed by atoms with E-state index in [0.29, 0.717) is 16.8 Å². The second-order valence-electron chi connectivity index (χ2n) is 16.2. The first-order chi connectivity index (χ1) is 30.7. The quantitative estimate of drug-likeness (QED) is 0.167. The van der Waals surface area contributed by atoms with Crippen LogP contribution in [0.2, 0.25) is 0 Å². The molecule has 0 unspecified atom stereocenters. The van der Waals surface area contributed by atoms with Gasteiger partial charge in [0.1, 0.15) is 23.3 Å². The van der Waals surface area contributed by atoms with E-state index in [-0.39, 0.29) is 6.71 Å². The number of anilines is 3. The molecule has 62 heavy (non-hydrogen) atoms. The minimum absolute atomic E-state index is 0.232. The predicted molar refractivity (Wildman–Crippen MR) is 255 cm³/mol. The maximum absolute atomic E-state index is 11.9. The van der Waals surface area contributed by atoms with Crippen LogP contribution in [0.1, 0.15) is 11.1 Å². The first kappa shape index (κ1) is 34.3. The van der Waals surface area contributed by atoms with E-state index >= 15 is 0 Å². The molecule has 9 aromatic carbocycles. The maximum Gasteiger partial charge on any atom is 0.252 e. The molecule has 0 fully saturated rings. The molecule has 5 nitrogen and oxygen atoms in total. The molecule has 0 amide bonds. The summed E-state index contributed by atoms with van der Waals surface area (Å²) in [6.45, 7) is -0.232. The van der Waals surface area contributed by atoms with Gasteiger partial charge in [-0.05, 0) is 87.2 Å². The summed E-state index contributed by atoms with van der Waals surface area (Å²) in [4.78, 5) is 2.26. The number of nitriles is 2. The van der Waals surface area contributed by atoms with Gasteiger partial charge in [0, 0.05) is 38.4 Å². The van der Waals surface area contributed by atoms with Gasteiger partial charge >= 0.3 is 0 Å². The Morgan fingerprint density at radius 3 is 1.58 bits per heavy atom. The van der Waals surface area contributed by atoms with E-state index in [2.05, 4.69) is 190 Å². The van der Waals surface area contributed by atoms with E-state index in [9.17, 15) is 10.5 Å². The number of fused-ring (bicyclic) bond motifs is 10. The van der Waals surface area contributed by atoms with E-state index < -0.39 is 0 Å². The molecule has 284 valence electrons. The highest BCUT2D eigenvalue weighted by molar-refractivity contribution is 7.00. The van der Waals surface area contributed by atoms with Crippen LogP contribution in [0.3, 0.4) is 0 Å². The summed E-state index contributed by atoms with van der Waals surface area (Å²) in [5.41, 5.74) is 16.7. The van der Waals surface area contributed by atoms with Crippen molar-refractivity contribution in [2.45, 2.75) is 0 Å². The summed E-state index contributed by atoms with van der Waals surface area (Å²) < 4.78 is 4.52. The van der Waals surface area contributed by atoms with Gasteiger partial charge in [-0.3, -0.25) is 0 Å². The molecular formula is C56H32BN5. The zero-order valence-corrected chi connectivity index (χ0v) is 33.3. The fourth-order valence-electron chi connectivity index (χ4n) is 10.7. The molecule has 2 aromatic heterocycles. The van der Waals surface area contributed by atoms with E-state index in [0.717, 1.165) is 105 Å². The Morgan fingerprint density at radius 1 is 0.387 bits per heavy atom. The van der Waals surface area contributed by atoms with Crippen LogP contribution in [-0.2, 0) is 0 Å². The number of nitrogens with zero attached hydrogens (tertiary/aromatic N) is 5. The van der Waals surface area contributed by atoms with Gasteiger partial charge in [-0.25, -0.2) is 0 Å². The average molecular weight is 786 g/mol. The Morgan fingerprint density at radius 2 is 0.919 bits per heavy atom. The second kappa shape index (κ2) is 13.0. The van der Waals surface area contributed by atoms with Crippen LogP contribution in [0.4, 0.5) is 17.1 Å². The van der Waals surface area contributed by atoms with Crippen molar-refractivity contribution in [3.8, 4) is 45.8 Å². The van der Waals surface area contributed by atoms with E-state index in [1.165, 1.54) is 0 Å². The van der Waals surface area contributed by atoms with Crippen molar-refractivity contribution in [2.24, 2.45) is 0 Å². The largest absolute Gasteiger partial charge is 0.310 e. The van der Waals surface area contributed by atoms with Crippen LogP contribution in [0.15, 0.2) is 194 Å². The van der Waals surface area contributed by atoms with Gasteiger partial charge in [0.05, 0.1) is 33.6 Å². The van der Waals surface area contributed by atoms with Gasteiger partial charge in [-0.2, -0.15) is 10.5 Å². The van der Waals surface area contributed by atoms with Crippen LogP contribution >= 0.6 is 0 Å². The first-order valence-corrected chi connectivity index (χ1v) is 20.9. The van der Waals surface area contributed by atoms with Crippen LogP contribution < -0.4 is 21.3 Å². The number of hydrogen-bond acceptors (Lipinski definition) is 3. The lowest BCUT2D eigenvalue weighted by molar-refractivity contribution is 1.10. The van der Waals surface area contributed by atoms with Gasteiger partial charge in [-0.1, -0.05) is 146 Å². The molecule has 0 spiro atoms. The molecular weight excluding hydrogens is 753 g/mol. The maximum atomic E-state index is 11.9. The van der Waals surface area contributed by atoms with Crippen molar-refractivity contribution >= 4 is 83.8 Å². The number of para-hydroxylation sites is 4. The third-order valence-corrected chi connectivity index (χ3v) is 13.2. The first-order valence-electron chi connectivity index (χ1n) is 20.9. The summed E-state index contributed by atoms with van der Waals surface area (Å²) in [6.07, 6.45) is 0. The number of rotatable bonds is 4. The number of hydrogen-bond donors (Lipinski definition) is 0. The van der Waals surface area contributed by atoms with E-state index in [1.54, 1.807) is 0 Å². The van der Waals surface area contributed by atoms with Crippen LogP contribution in [0, 0.1) is 22.7 Å². The lowest BCUT2D eigenvalue weighted by Gasteiger charge is -2.41. The Balaban J connectivity index is 1.24. The van der Waals surface area contributed by atoms with Crippen LogP contribution in [0.25, 0.3) is 77.2 Å². The monoisotopic (exact) mass is 785 g/mol. The normalized spacial score (nSPS) is 12.4. The van der Waals surface area contributed by atoms with Gasteiger partial charge < -0.3 is 14.0 Å². The summed E-state index contributed by atoms with van der Waals surface area (Å²) in [7, 11) is 0. The molecule has 11 aromatic rings. The average Bonchev–Trinajstić information content (AvgIpc) is 3.85. The minimum atomic E-state index is -0.232. The topological polar surface area (TPSA) is 60.7 Å². The van der Waals surface area contributed by atoms with Gasteiger partial charge in [-0.15, -0.1) is 0 Å². The Bertz CT molecular complexity index is 3680. The highest BCUT2D eigenvalue weighted by Gasteiger charge is 2.46. The SMILES string of the molecule is N#Cc1c2c3c(c(C#N)c1-n1c4ccc(-c5ccccc5)cc4c4cc(-c5ccccc5)ccc41)-n1c4ccccc4c4cccc(c41)B3c1ccccc1N2c1ccccc1. The van der Waals surface area contributed by atoms with Gasteiger partial charge in [0.15, 0.2) is 0 Å². The number of aromatic nitrogens is 2. The molecule has 2 aliphatic rings. The lowest BCUT2D eigenvalue weighted by Crippen LogP contribution is -2.61. The third-order valence-electron chi connectivity index (χ3n) is 13.2. The Kier molecular flexibility index (Phi) is 7.17.